The summed E-state index contributed by atoms with van der Waals surface area (Å²) in [6.45, 7) is 6.77. The molecule has 0 saturated heterocycles. The number of carbonyl (C=O) groups excluding carboxylic acids is 2. The molecule has 0 radical (unpaired) electrons. The van der Waals surface area contributed by atoms with Gasteiger partial charge in [-0.15, -0.1) is 0 Å². The SMILES string of the molecule is CCCCNC(=O)[C@@H](Cc1ccccc1)N(Cc1ccc(Br)cc1)C(=O)COc1cc(C)c(Br)c(C)c1. The molecule has 1 N–H and O–H groups in total. The van der Waals surface area contributed by atoms with Crippen LogP contribution in [0.2, 0.25) is 0 Å². The lowest BCUT2D eigenvalue weighted by Gasteiger charge is -2.31. The molecular formula is C30H34Br2N2O3. The molecule has 2 amide bonds. The second-order valence-electron chi connectivity index (χ2n) is 9.16. The minimum atomic E-state index is -0.674. The molecule has 0 spiro atoms. The molecule has 0 aromatic heterocycles. The van der Waals surface area contributed by atoms with Gasteiger partial charge in [0.15, 0.2) is 6.61 Å². The summed E-state index contributed by atoms with van der Waals surface area (Å²) >= 11 is 7.04. The fourth-order valence-corrected chi connectivity index (χ4v) is 4.56. The second-order valence-corrected chi connectivity index (χ2v) is 10.9. The monoisotopic (exact) mass is 628 g/mol. The Labute approximate surface area is 236 Å². The van der Waals surface area contributed by atoms with E-state index in [9.17, 15) is 9.59 Å². The van der Waals surface area contributed by atoms with Crippen molar-refractivity contribution in [3.8, 4) is 5.75 Å². The third-order valence-corrected chi connectivity index (χ3v) is 7.92. The standard InChI is InChI=1S/C30H34Br2N2O3/c1-4-5-15-33-30(36)27(18-23-9-7-6-8-10-23)34(19-24-11-13-25(31)14-12-24)28(35)20-37-26-16-21(2)29(32)22(3)17-26/h6-14,16-17,27H,4-5,15,18-20H2,1-3H3,(H,33,36)/t27-/m1/s1. The van der Waals surface area contributed by atoms with E-state index in [0.29, 0.717) is 25.3 Å². The molecule has 1 atom stereocenters. The van der Waals surface area contributed by atoms with Gasteiger partial charge in [0.1, 0.15) is 11.8 Å². The Balaban J connectivity index is 1.89. The van der Waals surface area contributed by atoms with Gasteiger partial charge >= 0.3 is 0 Å². The van der Waals surface area contributed by atoms with Gasteiger partial charge in [0.25, 0.3) is 5.91 Å². The van der Waals surface area contributed by atoms with E-state index < -0.39 is 6.04 Å². The minimum absolute atomic E-state index is 0.155. The zero-order valence-electron chi connectivity index (χ0n) is 21.6. The number of carbonyl (C=O) groups is 2. The van der Waals surface area contributed by atoms with E-state index in [2.05, 4.69) is 44.1 Å². The highest BCUT2D eigenvalue weighted by molar-refractivity contribution is 9.10. The number of aryl methyl sites for hydroxylation is 2. The Morgan fingerprint density at radius 1 is 0.946 bits per heavy atom. The lowest BCUT2D eigenvalue weighted by molar-refractivity contribution is -0.142. The van der Waals surface area contributed by atoms with Gasteiger partial charge in [0.05, 0.1) is 0 Å². The van der Waals surface area contributed by atoms with Gasteiger partial charge in [-0.3, -0.25) is 9.59 Å². The highest BCUT2D eigenvalue weighted by Crippen LogP contribution is 2.26. The summed E-state index contributed by atoms with van der Waals surface area (Å²) in [5, 5.41) is 3.04. The Kier molecular flexibility index (Phi) is 11.2. The van der Waals surface area contributed by atoms with E-state index in [1.807, 2.05) is 80.6 Å². The Hall–Kier alpha value is -2.64. The number of ether oxygens (including phenoxy) is 1. The van der Waals surface area contributed by atoms with Crippen LogP contribution in [0.4, 0.5) is 0 Å². The van der Waals surface area contributed by atoms with E-state index >= 15 is 0 Å². The van der Waals surface area contributed by atoms with Crippen LogP contribution in [0.25, 0.3) is 0 Å². The van der Waals surface area contributed by atoms with Crippen molar-refractivity contribution in [3.63, 3.8) is 0 Å². The number of benzene rings is 3. The zero-order valence-corrected chi connectivity index (χ0v) is 24.8. The van der Waals surface area contributed by atoms with Crippen LogP contribution in [-0.2, 0) is 22.6 Å². The Bertz CT molecular complexity index is 1160. The summed E-state index contributed by atoms with van der Waals surface area (Å²) in [4.78, 5) is 28.8. The number of nitrogens with zero attached hydrogens (tertiary/aromatic N) is 1. The van der Waals surface area contributed by atoms with E-state index in [1.54, 1.807) is 4.90 Å². The van der Waals surface area contributed by atoms with E-state index in [1.165, 1.54) is 0 Å². The maximum Gasteiger partial charge on any atom is 0.261 e. The highest BCUT2D eigenvalue weighted by atomic mass is 79.9. The first kappa shape index (κ1) is 28.9. The molecule has 0 aliphatic rings. The second kappa shape index (κ2) is 14.3. The van der Waals surface area contributed by atoms with Crippen LogP contribution in [0, 0.1) is 13.8 Å². The third-order valence-electron chi connectivity index (χ3n) is 6.14. The lowest BCUT2D eigenvalue weighted by atomic mass is 10.0. The van der Waals surface area contributed by atoms with Gasteiger partial charge in [-0.1, -0.05) is 87.7 Å². The molecule has 0 bridgehead atoms. The maximum atomic E-state index is 13.7. The van der Waals surface area contributed by atoms with Crippen molar-refractivity contribution >= 4 is 43.7 Å². The average Bonchev–Trinajstić information content (AvgIpc) is 2.89. The molecule has 5 nitrogen and oxygen atoms in total. The summed E-state index contributed by atoms with van der Waals surface area (Å²) in [5.74, 6) is 0.230. The molecule has 3 aromatic rings. The van der Waals surface area contributed by atoms with Crippen molar-refractivity contribution in [1.82, 2.24) is 10.2 Å². The number of unbranched alkanes of at least 4 members (excludes halogenated alkanes) is 1. The largest absolute Gasteiger partial charge is 0.484 e. The number of halogens is 2. The molecule has 0 aliphatic carbocycles. The van der Waals surface area contributed by atoms with Gasteiger partial charge in [-0.2, -0.15) is 0 Å². The molecule has 0 fully saturated rings. The fraction of sp³-hybridized carbons (Fsp3) is 0.333. The van der Waals surface area contributed by atoms with Crippen LogP contribution in [0.1, 0.15) is 42.0 Å². The van der Waals surface area contributed by atoms with Gasteiger partial charge in [0, 0.05) is 28.5 Å². The summed E-state index contributed by atoms with van der Waals surface area (Å²) in [7, 11) is 0. The molecule has 3 aromatic carbocycles. The summed E-state index contributed by atoms with van der Waals surface area (Å²) in [6, 6.07) is 20.7. The van der Waals surface area contributed by atoms with Crippen molar-refractivity contribution in [2.24, 2.45) is 0 Å². The van der Waals surface area contributed by atoms with Crippen LogP contribution in [0.5, 0.6) is 5.75 Å². The van der Waals surface area contributed by atoms with Crippen molar-refractivity contribution in [1.29, 1.82) is 0 Å². The molecule has 0 aliphatic heterocycles. The van der Waals surface area contributed by atoms with Gasteiger partial charge < -0.3 is 15.0 Å². The zero-order chi connectivity index (χ0) is 26.8. The summed E-state index contributed by atoms with van der Waals surface area (Å²) < 4.78 is 7.93. The molecular weight excluding hydrogens is 596 g/mol. The smallest absolute Gasteiger partial charge is 0.261 e. The molecule has 37 heavy (non-hydrogen) atoms. The number of amides is 2. The van der Waals surface area contributed by atoms with Gasteiger partial charge in [-0.05, 0) is 66.8 Å². The molecule has 7 heteroatoms. The summed E-state index contributed by atoms with van der Waals surface area (Å²) in [5.41, 5.74) is 4.00. The lowest BCUT2D eigenvalue weighted by Crippen LogP contribution is -2.51. The highest BCUT2D eigenvalue weighted by Gasteiger charge is 2.30. The fourth-order valence-electron chi connectivity index (χ4n) is 4.06. The van der Waals surface area contributed by atoms with Crippen molar-refractivity contribution in [2.45, 2.75) is 52.6 Å². The van der Waals surface area contributed by atoms with Crippen molar-refractivity contribution in [3.05, 3.63) is 97.9 Å². The molecule has 0 saturated carbocycles. The summed E-state index contributed by atoms with van der Waals surface area (Å²) in [6.07, 6.45) is 2.28. The first-order chi connectivity index (χ1) is 17.8. The predicted octanol–water partition coefficient (Wildman–Crippen LogP) is 6.76. The first-order valence-electron chi connectivity index (χ1n) is 12.5. The van der Waals surface area contributed by atoms with Gasteiger partial charge in [0.2, 0.25) is 5.91 Å². The average molecular weight is 630 g/mol. The van der Waals surface area contributed by atoms with Crippen LogP contribution in [0.3, 0.4) is 0 Å². The van der Waals surface area contributed by atoms with Crippen LogP contribution >= 0.6 is 31.9 Å². The maximum absolute atomic E-state index is 13.7. The van der Waals surface area contributed by atoms with E-state index in [0.717, 1.165) is 44.0 Å². The number of hydrogen-bond donors (Lipinski definition) is 1. The minimum Gasteiger partial charge on any atom is -0.484 e. The van der Waals surface area contributed by atoms with E-state index in [-0.39, 0.29) is 18.4 Å². The first-order valence-corrected chi connectivity index (χ1v) is 14.1. The quantitative estimate of drug-likeness (QED) is 0.225. The molecule has 0 unspecified atom stereocenters. The topological polar surface area (TPSA) is 58.6 Å². The Morgan fingerprint density at radius 3 is 2.22 bits per heavy atom. The van der Waals surface area contributed by atoms with Crippen LogP contribution < -0.4 is 10.1 Å². The predicted molar refractivity (Wildman–Crippen MR) is 156 cm³/mol. The number of rotatable bonds is 12. The molecule has 3 rings (SSSR count). The van der Waals surface area contributed by atoms with Gasteiger partial charge in [-0.25, -0.2) is 0 Å². The Morgan fingerprint density at radius 2 is 1.59 bits per heavy atom. The molecule has 0 heterocycles. The number of hydrogen-bond acceptors (Lipinski definition) is 3. The molecule has 196 valence electrons. The van der Waals surface area contributed by atoms with Crippen molar-refractivity contribution in [2.75, 3.05) is 13.2 Å². The van der Waals surface area contributed by atoms with Crippen LogP contribution in [0.15, 0.2) is 75.7 Å². The number of nitrogens with one attached hydrogen (secondary N) is 1. The van der Waals surface area contributed by atoms with Crippen molar-refractivity contribution < 1.29 is 14.3 Å². The van der Waals surface area contributed by atoms with Crippen LogP contribution in [-0.4, -0.2) is 35.9 Å². The van der Waals surface area contributed by atoms with E-state index in [4.69, 9.17) is 4.74 Å². The third kappa shape index (κ3) is 8.71. The normalized spacial score (nSPS) is 11.6.